The Morgan fingerprint density at radius 3 is 2.93 bits per heavy atom. The van der Waals surface area contributed by atoms with Crippen molar-refractivity contribution in [3.05, 3.63) is 23.5 Å². The standard InChI is InChI=1S/C10H10O5/c11-3-5-1-2-6-7(9(12)13)4-15-10(14)8(5)6/h1,3-4,6,8,10,14H,2H2,(H,12,13)/t6-,8-,10?/m1/s1. The highest BCUT2D eigenvalue weighted by atomic mass is 16.6. The summed E-state index contributed by atoms with van der Waals surface area (Å²) in [5.41, 5.74) is 0.526. The van der Waals surface area contributed by atoms with Gasteiger partial charge in [0.05, 0.1) is 17.8 Å². The highest BCUT2D eigenvalue weighted by Gasteiger charge is 2.43. The molecule has 2 aliphatic rings. The van der Waals surface area contributed by atoms with E-state index < -0.39 is 18.2 Å². The zero-order valence-electron chi connectivity index (χ0n) is 7.79. The van der Waals surface area contributed by atoms with Gasteiger partial charge in [0, 0.05) is 5.92 Å². The molecule has 0 aromatic rings. The van der Waals surface area contributed by atoms with Crippen molar-refractivity contribution in [3.63, 3.8) is 0 Å². The van der Waals surface area contributed by atoms with Gasteiger partial charge in [0.25, 0.3) is 0 Å². The molecule has 2 rings (SSSR count). The van der Waals surface area contributed by atoms with Gasteiger partial charge in [0.1, 0.15) is 6.29 Å². The number of fused-ring (bicyclic) bond motifs is 1. The summed E-state index contributed by atoms with van der Waals surface area (Å²) in [6.45, 7) is 0. The highest BCUT2D eigenvalue weighted by Crippen LogP contribution is 2.41. The van der Waals surface area contributed by atoms with Crippen LogP contribution >= 0.6 is 0 Å². The Morgan fingerprint density at radius 1 is 1.60 bits per heavy atom. The van der Waals surface area contributed by atoms with Crippen LogP contribution in [-0.4, -0.2) is 28.8 Å². The van der Waals surface area contributed by atoms with Gasteiger partial charge >= 0.3 is 5.97 Å². The van der Waals surface area contributed by atoms with Crippen molar-refractivity contribution in [2.75, 3.05) is 0 Å². The first-order valence-corrected chi connectivity index (χ1v) is 4.57. The molecular formula is C10H10O5. The number of allylic oxidation sites excluding steroid dienone is 1. The summed E-state index contributed by atoms with van der Waals surface area (Å²) in [4.78, 5) is 21.5. The second kappa shape index (κ2) is 3.51. The second-order valence-electron chi connectivity index (χ2n) is 3.59. The fourth-order valence-corrected chi connectivity index (χ4v) is 2.11. The van der Waals surface area contributed by atoms with Gasteiger partial charge in [0.15, 0.2) is 0 Å². The van der Waals surface area contributed by atoms with Crippen LogP contribution in [0.25, 0.3) is 0 Å². The molecule has 1 heterocycles. The van der Waals surface area contributed by atoms with Gasteiger partial charge in [0.2, 0.25) is 6.29 Å². The third-order valence-corrected chi connectivity index (χ3v) is 2.85. The molecule has 0 amide bonds. The minimum absolute atomic E-state index is 0.110. The van der Waals surface area contributed by atoms with E-state index in [0.717, 1.165) is 6.26 Å². The van der Waals surface area contributed by atoms with Crippen LogP contribution in [0.5, 0.6) is 0 Å². The van der Waals surface area contributed by atoms with Crippen molar-refractivity contribution < 1.29 is 24.5 Å². The number of aliphatic hydroxyl groups is 1. The molecule has 0 saturated heterocycles. The first-order valence-electron chi connectivity index (χ1n) is 4.57. The second-order valence-corrected chi connectivity index (χ2v) is 3.59. The maximum Gasteiger partial charge on any atom is 0.335 e. The van der Waals surface area contributed by atoms with Gasteiger partial charge in [-0.05, 0) is 12.0 Å². The number of ether oxygens (including phenoxy) is 1. The molecule has 2 N–H and O–H groups in total. The number of rotatable bonds is 2. The van der Waals surface area contributed by atoms with Gasteiger partial charge in [-0.3, -0.25) is 4.79 Å². The number of carbonyl (C=O) groups excluding carboxylic acids is 1. The molecule has 0 radical (unpaired) electrons. The lowest BCUT2D eigenvalue weighted by molar-refractivity contribution is -0.138. The number of carbonyl (C=O) groups is 2. The molecule has 3 atom stereocenters. The zero-order valence-corrected chi connectivity index (χ0v) is 7.79. The van der Waals surface area contributed by atoms with E-state index >= 15 is 0 Å². The van der Waals surface area contributed by atoms with E-state index in [1.165, 1.54) is 0 Å². The van der Waals surface area contributed by atoms with Crippen LogP contribution in [0.3, 0.4) is 0 Å². The zero-order chi connectivity index (χ0) is 11.0. The van der Waals surface area contributed by atoms with Crippen LogP contribution in [0.4, 0.5) is 0 Å². The van der Waals surface area contributed by atoms with Crippen LogP contribution in [0.1, 0.15) is 6.42 Å². The van der Waals surface area contributed by atoms with E-state index in [4.69, 9.17) is 9.84 Å². The summed E-state index contributed by atoms with van der Waals surface area (Å²) in [6, 6.07) is 0. The first kappa shape index (κ1) is 9.92. The maximum absolute atomic E-state index is 10.9. The van der Waals surface area contributed by atoms with Crippen molar-refractivity contribution in [1.29, 1.82) is 0 Å². The average molecular weight is 210 g/mol. The topological polar surface area (TPSA) is 83.8 Å². The number of aldehydes is 1. The summed E-state index contributed by atoms with van der Waals surface area (Å²) in [5, 5.41) is 18.4. The van der Waals surface area contributed by atoms with Gasteiger partial charge < -0.3 is 14.9 Å². The molecule has 0 bridgehead atoms. The molecule has 0 spiro atoms. The van der Waals surface area contributed by atoms with Crippen molar-refractivity contribution in [3.8, 4) is 0 Å². The van der Waals surface area contributed by atoms with Crippen LogP contribution in [0, 0.1) is 11.8 Å². The van der Waals surface area contributed by atoms with Crippen molar-refractivity contribution in [1.82, 2.24) is 0 Å². The number of hydrogen-bond donors (Lipinski definition) is 2. The summed E-state index contributed by atoms with van der Waals surface area (Å²) < 4.78 is 4.81. The van der Waals surface area contributed by atoms with E-state index in [-0.39, 0.29) is 11.5 Å². The number of hydrogen-bond acceptors (Lipinski definition) is 4. The van der Waals surface area contributed by atoms with E-state index in [9.17, 15) is 14.7 Å². The Kier molecular flexibility index (Phi) is 2.32. The molecule has 0 aromatic carbocycles. The highest BCUT2D eigenvalue weighted by molar-refractivity contribution is 5.88. The summed E-state index contributed by atoms with van der Waals surface area (Å²) >= 11 is 0. The lowest BCUT2D eigenvalue weighted by atomic mass is 9.84. The van der Waals surface area contributed by atoms with Crippen molar-refractivity contribution in [2.45, 2.75) is 12.7 Å². The van der Waals surface area contributed by atoms with Crippen LogP contribution in [0.2, 0.25) is 0 Å². The smallest absolute Gasteiger partial charge is 0.335 e. The Labute approximate surface area is 85.7 Å². The molecule has 0 fully saturated rings. The number of carboxylic acids is 1. The predicted octanol–water partition coefficient (Wildman–Crippen LogP) is 0.0649. The summed E-state index contributed by atoms with van der Waals surface area (Å²) in [5.74, 6) is -1.97. The maximum atomic E-state index is 10.9. The fourth-order valence-electron chi connectivity index (χ4n) is 2.11. The van der Waals surface area contributed by atoms with E-state index in [0.29, 0.717) is 18.3 Å². The fraction of sp³-hybridized carbons (Fsp3) is 0.400. The first-order chi connectivity index (χ1) is 7.15. The Morgan fingerprint density at radius 2 is 2.33 bits per heavy atom. The predicted molar refractivity (Wildman–Crippen MR) is 48.6 cm³/mol. The summed E-state index contributed by atoms with van der Waals surface area (Å²) in [6.07, 6.45) is 2.68. The van der Waals surface area contributed by atoms with E-state index in [1.807, 2.05) is 0 Å². The summed E-state index contributed by atoms with van der Waals surface area (Å²) in [7, 11) is 0. The SMILES string of the molecule is O=CC1=CC[C@@H]2C(C(=O)O)=COC(O)[C@H]12. The minimum atomic E-state index is -1.13. The van der Waals surface area contributed by atoms with Crippen molar-refractivity contribution >= 4 is 12.3 Å². The molecule has 15 heavy (non-hydrogen) atoms. The Balaban J connectivity index is 2.33. The van der Waals surface area contributed by atoms with Crippen LogP contribution < -0.4 is 0 Å². The molecule has 80 valence electrons. The monoisotopic (exact) mass is 210 g/mol. The lowest BCUT2D eigenvalue weighted by Crippen LogP contribution is -2.34. The molecule has 1 aliphatic carbocycles. The molecule has 0 saturated carbocycles. The third kappa shape index (κ3) is 1.45. The number of carboxylic acid groups (broad SMARTS) is 1. The van der Waals surface area contributed by atoms with Gasteiger partial charge in [-0.1, -0.05) is 6.08 Å². The lowest BCUT2D eigenvalue weighted by Gasteiger charge is -2.30. The van der Waals surface area contributed by atoms with Gasteiger partial charge in [-0.2, -0.15) is 0 Å². The largest absolute Gasteiger partial charge is 0.478 e. The molecule has 1 unspecified atom stereocenters. The third-order valence-electron chi connectivity index (χ3n) is 2.85. The van der Waals surface area contributed by atoms with E-state index in [2.05, 4.69) is 0 Å². The molecule has 0 aromatic heterocycles. The van der Waals surface area contributed by atoms with E-state index in [1.54, 1.807) is 6.08 Å². The average Bonchev–Trinajstić information content (AvgIpc) is 2.62. The number of aliphatic carboxylic acids is 1. The minimum Gasteiger partial charge on any atom is -0.478 e. The molecule has 5 heteroatoms. The normalized spacial score (nSPS) is 33.5. The van der Waals surface area contributed by atoms with Gasteiger partial charge in [-0.25, -0.2) is 4.79 Å². The van der Waals surface area contributed by atoms with Crippen LogP contribution in [0.15, 0.2) is 23.5 Å². The molecule has 5 nitrogen and oxygen atoms in total. The molecular weight excluding hydrogens is 200 g/mol. The molecule has 1 aliphatic heterocycles. The Bertz CT molecular complexity index is 368. The van der Waals surface area contributed by atoms with Crippen LogP contribution in [-0.2, 0) is 14.3 Å². The van der Waals surface area contributed by atoms with Gasteiger partial charge in [-0.15, -0.1) is 0 Å². The number of aliphatic hydroxyl groups excluding tert-OH is 1. The Hall–Kier alpha value is -1.62. The van der Waals surface area contributed by atoms with Crippen molar-refractivity contribution in [2.24, 2.45) is 11.8 Å². The quantitative estimate of drug-likeness (QED) is 0.630.